The number of Topliss-reactive ketones (excluding diaryl/α,β-unsaturated/α-hetero) is 1. The Morgan fingerprint density at radius 2 is 1.57 bits per heavy atom. The van der Waals surface area contributed by atoms with E-state index in [-0.39, 0.29) is 35.5 Å². The first-order valence-electron chi connectivity index (χ1n) is 17.9. The van der Waals surface area contributed by atoms with E-state index in [4.69, 9.17) is 0 Å². The SMILES string of the molecule is C=CCNC(=O)C(=O)[C@H](CC1CC1)NC(=O)[C@@H]1C2[C@H](CN1C(=O)[C@@H](NC(=O)NC1(CS(=O)(=O)C(C)(C)C)CCCCC1)C(C)(C)C)C2(C)C. The summed E-state index contributed by atoms with van der Waals surface area (Å²) in [6.45, 7) is 18.6. The molecule has 1 aliphatic heterocycles. The third kappa shape index (κ3) is 8.68. The van der Waals surface area contributed by atoms with E-state index in [0.717, 1.165) is 32.1 Å². The molecule has 1 heterocycles. The highest BCUT2D eigenvalue weighted by Crippen LogP contribution is 2.65. The summed E-state index contributed by atoms with van der Waals surface area (Å²) in [5, 5.41) is 11.2. The zero-order valence-corrected chi connectivity index (χ0v) is 31.6. The van der Waals surface area contributed by atoms with Crippen LogP contribution in [-0.2, 0) is 29.0 Å². The third-order valence-electron chi connectivity index (χ3n) is 11.3. The molecule has 3 aliphatic carbocycles. The number of nitrogens with one attached hydrogen (secondary N) is 4. The summed E-state index contributed by atoms with van der Waals surface area (Å²) in [5.41, 5.74) is -1.92. The maximum atomic E-state index is 14.5. The molecule has 0 aromatic heterocycles. The molecule has 0 aromatic rings. The van der Waals surface area contributed by atoms with E-state index < -0.39 is 73.2 Å². The minimum absolute atomic E-state index is 0.0585. The number of rotatable bonds is 13. The molecule has 4 aliphatic rings. The van der Waals surface area contributed by atoms with Gasteiger partial charge in [0.1, 0.15) is 12.1 Å². The average Bonchev–Trinajstić information content (AvgIpc) is 3.84. The number of fused-ring (bicyclic) bond motifs is 1. The smallest absolute Gasteiger partial charge is 0.315 e. The predicted octanol–water partition coefficient (Wildman–Crippen LogP) is 3.26. The lowest BCUT2D eigenvalue weighted by Crippen LogP contribution is -2.64. The molecule has 12 nitrogen and oxygen atoms in total. The summed E-state index contributed by atoms with van der Waals surface area (Å²) in [5.74, 6) is -2.44. The summed E-state index contributed by atoms with van der Waals surface area (Å²) in [6.07, 6.45) is 7.21. The van der Waals surface area contributed by atoms with Crippen molar-refractivity contribution in [2.24, 2.45) is 28.6 Å². The molecule has 5 atom stereocenters. The zero-order valence-electron chi connectivity index (χ0n) is 30.7. The number of amides is 5. The highest BCUT2D eigenvalue weighted by Gasteiger charge is 2.70. The largest absolute Gasteiger partial charge is 0.346 e. The molecule has 4 N–H and O–H groups in total. The molecule has 4 fully saturated rings. The molecule has 0 spiro atoms. The molecule has 13 heteroatoms. The lowest BCUT2D eigenvalue weighted by Gasteiger charge is -2.41. The molecule has 0 bridgehead atoms. The molecule has 0 radical (unpaired) electrons. The predicted molar refractivity (Wildman–Crippen MR) is 188 cm³/mol. The first kappa shape index (κ1) is 38.8. The van der Waals surface area contributed by atoms with Crippen LogP contribution in [0.4, 0.5) is 4.79 Å². The number of hydrogen-bond acceptors (Lipinski definition) is 7. The summed E-state index contributed by atoms with van der Waals surface area (Å²) >= 11 is 0. The van der Waals surface area contributed by atoms with E-state index in [1.54, 1.807) is 20.8 Å². The number of urea groups is 1. The van der Waals surface area contributed by atoms with Crippen LogP contribution in [0.25, 0.3) is 0 Å². The molecule has 276 valence electrons. The highest BCUT2D eigenvalue weighted by atomic mass is 32.2. The van der Waals surface area contributed by atoms with Crippen molar-refractivity contribution in [2.45, 2.75) is 135 Å². The van der Waals surface area contributed by atoms with Gasteiger partial charge in [-0.05, 0) is 68.6 Å². The van der Waals surface area contributed by atoms with E-state index in [1.165, 1.54) is 11.0 Å². The first-order valence-corrected chi connectivity index (χ1v) is 19.5. The fourth-order valence-electron chi connectivity index (χ4n) is 7.74. The maximum absolute atomic E-state index is 14.5. The van der Waals surface area contributed by atoms with Gasteiger partial charge in [-0.2, -0.15) is 0 Å². The van der Waals surface area contributed by atoms with Crippen LogP contribution in [0.15, 0.2) is 12.7 Å². The van der Waals surface area contributed by atoms with Gasteiger partial charge in [-0.15, -0.1) is 6.58 Å². The monoisotopic (exact) mass is 705 g/mol. The summed E-state index contributed by atoms with van der Waals surface area (Å²) in [6, 6.07) is -3.54. The normalized spacial score (nSPS) is 25.6. The van der Waals surface area contributed by atoms with Crippen LogP contribution in [0.3, 0.4) is 0 Å². The van der Waals surface area contributed by atoms with Gasteiger partial charge in [0.25, 0.3) is 5.91 Å². The Bertz CT molecular complexity index is 1430. The van der Waals surface area contributed by atoms with Crippen molar-refractivity contribution < 1.29 is 32.4 Å². The van der Waals surface area contributed by atoms with Gasteiger partial charge in [0.2, 0.25) is 17.6 Å². The number of hydrogen-bond donors (Lipinski definition) is 4. The van der Waals surface area contributed by atoms with Crippen LogP contribution in [-0.4, -0.2) is 90.1 Å². The maximum Gasteiger partial charge on any atom is 0.315 e. The molecule has 0 aromatic carbocycles. The van der Waals surface area contributed by atoms with E-state index in [0.29, 0.717) is 25.8 Å². The second kappa shape index (κ2) is 14.0. The molecule has 4 rings (SSSR count). The number of likely N-dealkylation sites (tertiary alicyclic amines) is 1. The van der Waals surface area contributed by atoms with Crippen molar-refractivity contribution >= 4 is 39.4 Å². The number of carbonyl (C=O) groups is 5. The number of carbonyl (C=O) groups excluding carboxylic acids is 5. The number of sulfone groups is 1. The molecular weight excluding hydrogens is 646 g/mol. The fourth-order valence-corrected chi connectivity index (χ4v) is 9.26. The van der Waals surface area contributed by atoms with Gasteiger partial charge in [-0.1, -0.05) is 72.8 Å². The van der Waals surface area contributed by atoms with Crippen LogP contribution in [0, 0.1) is 28.6 Å². The van der Waals surface area contributed by atoms with Gasteiger partial charge in [-0.3, -0.25) is 19.2 Å². The molecule has 5 amide bonds. The lowest BCUT2D eigenvalue weighted by molar-refractivity contribution is -0.145. The average molecular weight is 706 g/mol. The van der Waals surface area contributed by atoms with Crippen LogP contribution >= 0.6 is 0 Å². The second-order valence-corrected chi connectivity index (χ2v) is 20.3. The quantitative estimate of drug-likeness (QED) is 0.168. The third-order valence-corrected chi connectivity index (χ3v) is 14.1. The van der Waals surface area contributed by atoms with Crippen molar-refractivity contribution in [1.29, 1.82) is 0 Å². The van der Waals surface area contributed by atoms with Crippen molar-refractivity contribution in [3.05, 3.63) is 12.7 Å². The van der Waals surface area contributed by atoms with E-state index >= 15 is 0 Å². The summed E-state index contributed by atoms with van der Waals surface area (Å²) < 4.78 is 25.6. The highest BCUT2D eigenvalue weighted by molar-refractivity contribution is 7.92. The molecule has 3 saturated carbocycles. The Hall–Kier alpha value is -2.96. The number of ketones is 1. The molecule has 1 saturated heterocycles. The molecular formula is C36H59N5O7S. The Labute approximate surface area is 292 Å². The minimum atomic E-state index is -3.56. The van der Waals surface area contributed by atoms with E-state index in [2.05, 4.69) is 41.7 Å². The molecule has 1 unspecified atom stereocenters. The topological polar surface area (TPSA) is 171 Å². The Morgan fingerprint density at radius 1 is 0.959 bits per heavy atom. The lowest BCUT2D eigenvalue weighted by atomic mass is 9.83. The summed E-state index contributed by atoms with van der Waals surface area (Å²) in [7, 11) is -3.56. The van der Waals surface area contributed by atoms with Gasteiger partial charge in [-0.25, -0.2) is 13.2 Å². The Kier molecular flexibility index (Phi) is 11.1. The fraction of sp³-hybridized carbons (Fsp3) is 0.806. The minimum Gasteiger partial charge on any atom is -0.346 e. The van der Waals surface area contributed by atoms with Gasteiger partial charge in [0, 0.05) is 13.1 Å². The van der Waals surface area contributed by atoms with Crippen LogP contribution in [0.2, 0.25) is 0 Å². The van der Waals surface area contributed by atoms with Crippen molar-refractivity contribution in [3.8, 4) is 0 Å². The van der Waals surface area contributed by atoms with Crippen LogP contribution in [0.1, 0.15) is 107 Å². The standard InChI is InChI=1S/C36H59N5O7S/c1-10-18-37-30(44)27(42)24(19-22-14-15-22)38-29(43)26-25-23(35(25,8)9)20-41(26)31(45)28(33(2,3)4)39-32(46)40-36(16-12-11-13-17-36)21-49(47,48)34(5,6)7/h10,22-26,28H,1,11-21H2,2-9H3,(H,37,44)(H,38,43)(H2,39,40,46)/t23-,24-,25?,26-,28+/m0/s1. The van der Waals surface area contributed by atoms with Gasteiger partial charge < -0.3 is 26.2 Å². The zero-order chi connectivity index (χ0) is 36.7. The first-order chi connectivity index (χ1) is 22.5. The van der Waals surface area contributed by atoms with Gasteiger partial charge >= 0.3 is 6.03 Å². The summed E-state index contributed by atoms with van der Waals surface area (Å²) in [4.78, 5) is 69.6. The van der Waals surface area contributed by atoms with Crippen molar-refractivity contribution in [3.63, 3.8) is 0 Å². The van der Waals surface area contributed by atoms with Crippen molar-refractivity contribution in [2.75, 3.05) is 18.8 Å². The Morgan fingerprint density at radius 3 is 2.10 bits per heavy atom. The van der Waals surface area contributed by atoms with Crippen molar-refractivity contribution in [1.82, 2.24) is 26.2 Å². The van der Waals surface area contributed by atoms with Gasteiger partial charge in [0.15, 0.2) is 9.84 Å². The van der Waals surface area contributed by atoms with E-state index in [9.17, 15) is 32.4 Å². The second-order valence-electron chi connectivity index (χ2n) is 17.6. The molecule has 49 heavy (non-hydrogen) atoms. The van der Waals surface area contributed by atoms with E-state index in [1.807, 2.05) is 20.8 Å². The Balaban J connectivity index is 1.55. The van der Waals surface area contributed by atoms with Crippen LogP contribution in [0.5, 0.6) is 0 Å². The van der Waals surface area contributed by atoms with Crippen LogP contribution < -0.4 is 21.3 Å². The number of nitrogens with zero attached hydrogens (tertiary/aromatic N) is 1. The van der Waals surface area contributed by atoms with Gasteiger partial charge in [0.05, 0.1) is 22.1 Å². The number of piperidine rings is 1.